The molecule has 3 nitrogen and oxygen atoms in total. The second-order valence-corrected chi connectivity index (χ2v) is 7.54. The van der Waals surface area contributed by atoms with Gasteiger partial charge in [0.15, 0.2) is 0 Å². The average Bonchev–Trinajstić information content (AvgIpc) is 3.11. The molecule has 0 fully saturated rings. The van der Waals surface area contributed by atoms with Gasteiger partial charge in [-0.3, -0.25) is 0 Å². The SMILES string of the molecule is COc1ccccc1CCNCc1cn(Cc2ccccc2Cl)c2ccccc12.Cl. The molecule has 0 saturated heterocycles. The zero-order valence-corrected chi connectivity index (χ0v) is 18.5. The average molecular weight is 441 g/mol. The topological polar surface area (TPSA) is 26.2 Å². The van der Waals surface area contributed by atoms with E-state index in [2.05, 4.69) is 58.5 Å². The third-order valence-electron chi connectivity index (χ3n) is 5.25. The molecule has 0 aliphatic heterocycles. The Morgan fingerprint density at radius 2 is 1.57 bits per heavy atom. The summed E-state index contributed by atoms with van der Waals surface area (Å²) in [6.07, 6.45) is 3.17. The Kier molecular flexibility index (Phi) is 7.81. The smallest absolute Gasteiger partial charge is 0.122 e. The molecule has 0 amide bonds. The highest BCUT2D eigenvalue weighted by molar-refractivity contribution is 6.31. The number of nitrogens with one attached hydrogen (secondary N) is 1. The third-order valence-corrected chi connectivity index (χ3v) is 5.62. The third kappa shape index (κ3) is 4.99. The Morgan fingerprint density at radius 1 is 0.867 bits per heavy atom. The molecule has 0 spiro atoms. The van der Waals surface area contributed by atoms with Crippen LogP contribution in [0.5, 0.6) is 5.75 Å². The van der Waals surface area contributed by atoms with Crippen LogP contribution in [-0.2, 0) is 19.5 Å². The molecule has 0 bridgehead atoms. The monoisotopic (exact) mass is 440 g/mol. The van der Waals surface area contributed by atoms with Crippen LogP contribution < -0.4 is 10.1 Å². The van der Waals surface area contributed by atoms with Gasteiger partial charge in [0.1, 0.15) is 5.75 Å². The van der Waals surface area contributed by atoms with Gasteiger partial charge in [-0.15, -0.1) is 12.4 Å². The molecule has 4 rings (SSSR count). The second kappa shape index (κ2) is 10.5. The Morgan fingerprint density at radius 3 is 2.37 bits per heavy atom. The first-order chi connectivity index (χ1) is 14.3. The fraction of sp³-hybridized carbons (Fsp3) is 0.200. The molecule has 0 atom stereocenters. The van der Waals surface area contributed by atoms with Crippen LogP contribution in [0.4, 0.5) is 0 Å². The van der Waals surface area contributed by atoms with Gasteiger partial charge in [-0.25, -0.2) is 0 Å². The van der Waals surface area contributed by atoms with E-state index in [1.54, 1.807) is 7.11 Å². The van der Waals surface area contributed by atoms with Crippen LogP contribution in [0.25, 0.3) is 10.9 Å². The van der Waals surface area contributed by atoms with E-state index in [0.29, 0.717) is 0 Å². The fourth-order valence-electron chi connectivity index (χ4n) is 3.76. The fourth-order valence-corrected chi connectivity index (χ4v) is 3.96. The van der Waals surface area contributed by atoms with Crippen molar-refractivity contribution in [1.82, 2.24) is 9.88 Å². The molecule has 3 aromatic carbocycles. The van der Waals surface area contributed by atoms with E-state index < -0.39 is 0 Å². The van der Waals surface area contributed by atoms with Crippen molar-refractivity contribution in [2.24, 2.45) is 0 Å². The highest BCUT2D eigenvalue weighted by Crippen LogP contribution is 2.24. The van der Waals surface area contributed by atoms with Crippen LogP contribution in [-0.4, -0.2) is 18.2 Å². The molecule has 0 saturated carbocycles. The van der Waals surface area contributed by atoms with E-state index in [4.69, 9.17) is 16.3 Å². The summed E-state index contributed by atoms with van der Waals surface area (Å²) in [6, 6.07) is 24.8. The molecule has 30 heavy (non-hydrogen) atoms. The summed E-state index contributed by atoms with van der Waals surface area (Å²) < 4.78 is 7.73. The number of halogens is 2. The minimum absolute atomic E-state index is 0. The van der Waals surface area contributed by atoms with E-state index in [1.165, 1.54) is 22.0 Å². The summed E-state index contributed by atoms with van der Waals surface area (Å²) in [7, 11) is 1.72. The van der Waals surface area contributed by atoms with Crippen molar-refractivity contribution in [1.29, 1.82) is 0 Å². The largest absolute Gasteiger partial charge is 0.496 e. The van der Waals surface area contributed by atoms with E-state index in [0.717, 1.165) is 42.4 Å². The molecular weight excluding hydrogens is 415 g/mol. The number of nitrogens with zero attached hydrogens (tertiary/aromatic N) is 1. The van der Waals surface area contributed by atoms with E-state index >= 15 is 0 Å². The number of hydrogen-bond donors (Lipinski definition) is 1. The molecule has 1 heterocycles. The van der Waals surface area contributed by atoms with Crippen LogP contribution in [0, 0.1) is 0 Å². The Bertz CT molecular complexity index is 1110. The number of methoxy groups -OCH3 is 1. The molecule has 1 aromatic heterocycles. The number of para-hydroxylation sites is 2. The summed E-state index contributed by atoms with van der Waals surface area (Å²) >= 11 is 6.38. The van der Waals surface area contributed by atoms with Gasteiger partial charge in [-0.05, 0) is 47.9 Å². The first-order valence-electron chi connectivity index (χ1n) is 9.89. The lowest BCUT2D eigenvalue weighted by atomic mass is 10.1. The standard InChI is InChI=1S/C25H25ClN2O.ClH/c1-29-25-13-7-3-8-19(25)14-15-27-16-21-18-28(24-12-6-4-10-22(21)24)17-20-9-2-5-11-23(20)26;/h2-13,18,27H,14-17H2,1H3;1H. The van der Waals surface area contributed by atoms with Crippen LogP contribution in [0.15, 0.2) is 79.0 Å². The lowest BCUT2D eigenvalue weighted by Gasteiger charge is -2.09. The molecule has 0 aliphatic rings. The molecular formula is C25H26Cl2N2O. The first-order valence-corrected chi connectivity index (χ1v) is 10.3. The number of benzene rings is 3. The highest BCUT2D eigenvalue weighted by Gasteiger charge is 2.10. The lowest BCUT2D eigenvalue weighted by Crippen LogP contribution is -2.16. The predicted octanol–water partition coefficient (Wildman–Crippen LogP) is 6.11. The summed E-state index contributed by atoms with van der Waals surface area (Å²) in [5.41, 5.74) is 4.89. The molecule has 1 N–H and O–H groups in total. The summed E-state index contributed by atoms with van der Waals surface area (Å²) in [5, 5.41) is 5.68. The number of rotatable bonds is 8. The second-order valence-electron chi connectivity index (χ2n) is 7.13. The Balaban J connectivity index is 0.00000256. The molecule has 0 radical (unpaired) electrons. The van der Waals surface area contributed by atoms with Crippen molar-refractivity contribution in [3.05, 3.63) is 101 Å². The van der Waals surface area contributed by atoms with Gasteiger partial charge in [0.05, 0.1) is 7.11 Å². The van der Waals surface area contributed by atoms with Crippen molar-refractivity contribution in [3.63, 3.8) is 0 Å². The minimum Gasteiger partial charge on any atom is -0.496 e. The van der Waals surface area contributed by atoms with Crippen molar-refractivity contribution in [2.45, 2.75) is 19.5 Å². The lowest BCUT2D eigenvalue weighted by molar-refractivity contribution is 0.409. The Labute approximate surface area is 189 Å². The highest BCUT2D eigenvalue weighted by atomic mass is 35.5. The predicted molar refractivity (Wildman–Crippen MR) is 128 cm³/mol. The van der Waals surface area contributed by atoms with Gasteiger partial charge in [-0.1, -0.05) is 66.2 Å². The molecule has 156 valence electrons. The van der Waals surface area contributed by atoms with Crippen LogP contribution >= 0.6 is 24.0 Å². The zero-order chi connectivity index (χ0) is 20.1. The molecule has 4 aromatic rings. The molecule has 0 unspecified atom stereocenters. The maximum Gasteiger partial charge on any atom is 0.122 e. The summed E-state index contributed by atoms with van der Waals surface area (Å²) in [6.45, 7) is 2.48. The number of hydrogen-bond acceptors (Lipinski definition) is 2. The van der Waals surface area contributed by atoms with E-state index in [9.17, 15) is 0 Å². The number of aromatic nitrogens is 1. The van der Waals surface area contributed by atoms with Crippen molar-refractivity contribution in [3.8, 4) is 5.75 Å². The van der Waals surface area contributed by atoms with E-state index in [1.807, 2.05) is 30.3 Å². The van der Waals surface area contributed by atoms with Crippen molar-refractivity contribution >= 4 is 34.9 Å². The maximum absolute atomic E-state index is 6.38. The van der Waals surface area contributed by atoms with Crippen LogP contribution in [0.1, 0.15) is 16.7 Å². The first kappa shape index (κ1) is 22.2. The van der Waals surface area contributed by atoms with Gasteiger partial charge in [0, 0.05) is 35.2 Å². The zero-order valence-electron chi connectivity index (χ0n) is 17.0. The van der Waals surface area contributed by atoms with Crippen LogP contribution in [0.3, 0.4) is 0 Å². The number of fused-ring (bicyclic) bond motifs is 1. The van der Waals surface area contributed by atoms with Gasteiger partial charge in [0.25, 0.3) is 0 Å². The van der Waals surface area contributed by atoms with Gasteiger partial charge < -0.3 is 14.6 Å². The van der Waals surface area contributed by atoms with Gasteiger partial charge >= 0.3 is 0 Å². The summed E-state index contributed by atoms with van der Waals surface area (Å²) in [5.74, 6) is 0.950. The normalized spacial score (nSPS) is 10.7. The van der Waals surface area contributed by atoms with Gasteiger partial charge in [0.2, 0.25) is 0 Å². The number of ether oxygens (including phenoxy) is 1. The van der Waals surface area contributed by atoms with E-state index in [-0.39, 0.29) is 12.4 Å². The molecule has 0 aliphatic carbocycles. The minimum atomic E-state index is 0. The summed E-state index contributed by atoms with van der Waals surface area (Å²) in [4.78, 5) is 0. The quantitative estimate of drug-likeness (QED) is 0.334. The van der Waals surface area contributed by atoms with Gasteiger partial charge in [-0.2, -0.15) is 0 Å². The Hall–Kier alpha value is -2.46. The van der Waals surface area contributed by atoms with Crippen LogP contribution in [0.2, 0.25) is 5.02 Å². The van der Waals surface area contributed by atoms with Crippen molar-refractivity contribution < 1.29 is 4.74 Å². The molecule has 5 heteroatoms. The van der Waals surface area contributed by atoms with Crippen molar-refractivity contribution in [2.75, 3.05) is 13.7 Å². The maximum atomic E-state index is 6.38.